The molecular formula is C16H12ClFN2O2. The normalized spacial score (nSPS) is 20.3. The van der Waals surface area contributed by atoms with Crippen molar-refractivity contribution < 1.29 is 14.3 Å². The summed E-state index contributed by atoms with van der Waals surface area (Å²) in [6.45, 7) is 0. The van der Waals surface area contributed by atoms with Crippen molar-refractivity contribution in [1.29, 1.82) is 0 Å². The summed E-state index contributed by atoms with van der Waals surface area (Å²) >= 11 is 5.82. The fraction of sp³-hybridized carbons (Fsp3) is 0.250. The first-order valence-electron chi connectivity index (χ1n) is 7.04. The highest BCUT2D eigenvalue weighted by atomic mass is 35.5. The molecule has 0 saturated heterocycles. The van der Waals surface area contributed by atoms with Gasteiger partial charge in [0.05, 0.1) is 10.5 Å². The van der Waals surface area contributed by atoms with Crippen LogP contribution in [0.3, 0.4) is 0 Å². The van der Waals surface area contributed by atoms with Crippen LogP contribution >= 0.6 is 11.6 Å². The molecule has 1 aliphatic heterocycles. The van der Waals surface area contributed by atoms with E-state index in [4.69, 9.17) is 11.6 Å². The topological polar surface area (TPSA) is 53.4 Å². The van der Waals surface area contributed by atoms with Crippen molar-refractivity contribution >= 4 is 34.3 Å². The van der Waals surface area contributed by atoms with Gasteiger partial charge in [0.1, 0.15) is 17.6 Å². The van der Waals surface area contributed by atoms with Gasteiger partial charge in [-0.2, -0.15) is 0 Å². The number of carboxylic acids is 1. The first-order chi connectivity index (χ1) is 10.5. The Morgan fingerprint density at radius 1 is 1.36 bits per heavy atom. The number of aliphatic carboxylic acids is 1. The minimum atomic E-state index is -0.941. The van der Waals surface area contributed by atoms with Gasteiger partial charge in [-0.15, -0.1) is 0 Å². The number of hydrogen-bond donors (Lipinski definition) is 1. The predicted octanol–water partition coefficient (Wildman–Crippen LogP) is 3.69. The number of pyridine rings is 1. The number of aromatic nitrogens is 1. The summed E-state index contributed by atoms with van der Waals surface area (Å²) in [4.78, 5) is 18.0. The average molecular weight is 319 g/mol. The zero-order valence-electron chi connectivity index (χ0n) is 11.5. The second-order valence-electron chi connectivity index (χ2n) is 5.66. The fourth-order valence-corrected chi connectivity index (χ4v) is 2.98. The van der Waals surface area contributed by atoms with Gasteiger partial charge in [0.2, 0.25) is 0 Å². The SMILES string of the molecule is O=C(O)C1C=CN(C2CC2)c2nc3cc(Cl)c(F)cc3cc21. The molecule has 4 rings (SSSR count). The fourth-order valence-electron chi connectivity index (χ4n) is 2.83. The van der Waals surface area contributed by atoms with E-state index in [0.29, 0.717) is 28.3 Å². The minimum absolute atomic E-state index is 0.0130. The molecule has 2 aliphatic rings. The third-order valence-corrected chi connectivity index (χ3v) is 4.38. The van der Waals surface area contributed by atoms with Gasteiger partial charge in [-0.25, -0.2) is 9.37 Å². The van der Waals surface area contributed by atoms with Crippen LogP contribution in [0.4, 0.5) is 10.2 Å². The van der Waals surface area contributed by atoms with Crippen LogP contribution in [0.5, 0.6) is 0 Å². The first kappa shape index (κ1) is 13.5. The molecule has 0 radical (unpaired) electrons. The van der Waals surface area contributed by atoms with E-state index in [1.54, 1.807) is 18.3 Å². The monoisotopic (exact) mass is 318 g/mol. The maximum Gasteiger partial charge on any atom is 0.315 e. The van der Waals surface area contributed by atoms with E-state index in [-0.39, 0.29) is 5.02 Å². The molecule has 112 valence electrons. The molecule has 2 heterocycles. The molecule has 4 nitrogen and oxygen atoms in total. The van der Waals surface area contributed by atoms with Crippen molar-refractivity contribution in [3.8, 4) is 0 Å². The minimum Gasteiger partial charge on any atom is -0.481 e. The number of anilines is 1. The lowest BCUT2D eigenvalue weighted by atomic mass is 9.95. The van der Waals surface area contributed by atoms with Crippen molar-refractivity contribution in [3.63, 3.8) is 0 Å². The van der Waals surface area contributed by atoms with Gasteiger partial charge in [0, 0.05) is 23.2 Å². The van der Waals surface area contributed by atoms with E-state index in [2.05, 4.69) is 4.98 Å². The maximum absolute atomic E-state index is 13.7. The Morgan fingerprint density at radius 2 is 2.14 bits per heavy atom. The quantitative estimate of drug-likeness (QED) is 0.917. The number of rotatable bonds is 2. The Bertz CT molecular complexity index is 832. The van der Waals surface area contributed by atoms with Crippen molar-refractivity contribution in [3.05, 3.63) is 46.9 Å². The Kier molecular flexibility index (Phi) is 2.87. The summed E-state index contributed by atoms with van der Waals surface area (Å²) in [5, 5.41) is 9.97. The number of halogens is 2. The Labute approximate surface area is 130 Å². The Hall–Kier alpha value is -2.14. The molecule has 1 fully saturated rings. The maximum atomic E-state index is 13.7. The molecule has 1 aromatic heterocycles. The highest BCUT2D eigenvalue weighted by Gasteiger charge is 2.35. The highest BCUT2D eigenvalue weighted by molar-refractivity contribution is 6.31. The number of carbonyl (C=O) groups is 1. The van der Waals surface area contributed by atoms with Crippen molar-refractivity contribution in [2.75, 3.05) is 4.90 Å². The second kappa shape index (κ2) is 4.68. The van der Waals surface area contributed by atoms with Crippen LogP contribution in [0.15, 0.2) is 30.5 Å². The highest BCUT2D eigenvalue weighted by Crippen LogP contribution is 2.40. The van der Waals surface area contributed by atoms with Crippen LogP contribution < -0.4 is 4.90 Å². The van der Waals surface area contributed by atoms with Crippen LogP contribution in [-0.4, -0.2) is 22.1 Å². The number of fused-ring (bicyclic) bond motifs is 2. The average Bonchev–Trinajstić information content (AvgIpc) is 3.30. The third kappa shape index (κ3) is 2.04. The molecule has 1 saturated carbocycles. The first-order valence-corrected chi connectivity index (χ1v) is 7.41. The van der Waals surface area contributed by atoms with E-state index in [1.807, 2.05) is 4.90 Å². The number of benzene rings is 1. The predicted molar refractivity (Wildman–Crippen MR) is 81.7 cm³/mol. The van der Waals surface area contributed by atoms with Crippen molar-refractivity contribution in [1.82, 2.24) is 4.98 Å². The Morgan fingerprint density at radius 3 is 2.82 bits per heavy atom. The molecule has 0 amide bonds. The molecular weight excluding hydrogens is 307 g/mol. The largest absolute Gasteiger partial charge is 0.481 e. The third-order valence-electron chi connectivity index (χ3n) is 4.09. The molecule has 22 heavy (non-hydrogen) atoms. The molecule has 6 heteroatoms. The van der Waals surface area contributed by atoms with Gasteiger partial charge >= 0.3 is 5.97 Å². The van der Waals surface area contributed by atoms with E-state index in [1.165, 1.54) is 12.1 Å². The summed E-state index contributed by atoms with van der Waals surface area (Å²) in [5.74, 6) is -1.61. The van der Waals surface area contributed by atoms with Crippen LogP contribution in [0, 0.1) is 5.82 Å². The summed E-state index contributed by atoms with van der Waals surface area (Å²) in [5.41, 5.74) is 1.16. The van der Waals surface area contributed by atoms with Gasteiger partial charge in [-0.05, 0) is 37.1 Å². The zero-order valence-corrected chi connectivity index (χ0v) is 12.2. The molecule has 1 unspecified atom stereocenters. The van der Waals surface area contributed by atoms with Gasteiger partial charge in [-0.3, -0.25) is 4.79 Å². The smallest absolute Gasteiger partial charge is 0.315 e. The molecule has 1 aliphatic carbocycles. The molecule has 0 bridgehead atoms. The Balaban J connectivity index is 1.96. The summed E-state index contributed by atoms with van der Waals surface area (Å²) < 4.78 is 13.7. The molecule has 2 aromatic rings. The van der Waals surface area contributed by atoms with E-state index in [9.17, 15) is 14.3 Å². The van der Waals surface area contributed by atoms with Crippen LogP contribution in [0.1, 0.15) is 24.3 Å². The van der Waals surface area contributed by atoms with Crippen molar-refractivity contribution in [2.24, 2.45) is 0 Å². The molecule has 1 N–H and O–H groups in total. The zero-order chi connectivity index (χ0) is 15.4. The van der Waals surface area contributed by atoms with Gasteiger partial charge in [0.15, 0.2) is 0 Å². The van der Waals surface area contributed by atoms with Crippen LogP contribution in [0.25, 0.3) is 10.9 Å². The lowest BCUT2D eigenvalue weighted by molar-refractivity contribution is -0.137. The van der Waals surface area contributed by atoms with Gasteiger partial charge in [0.25, 0.3) is 0 Å². The molecule has 1 atom stereocenters. The number of nitrogens with zero attached hydrogens (tertiary/aromatic N) is 2. The van der Waals surface area contributed by atoms with E-state index in [0.717, 1.165) is 12.8 Å². The summed E-state index contributed by atoms with van der Waals surface area (Å²) in [7, 11) is 0. The number of carboxylic acid groups (broad SMARTS) is 1. The lowest BCUT2D eigenvalue weighted by Crippen LogP contribution is -2.27. The standard InChI is InChI=1S/C16H12ClFN2O2/c17-12-7-14-8(6-13(12)18)5-11-10(16(21)22)3-4-20(9-1-2-9)15(11)19-14/h3-7,9-10H,1-2H2,(H,21,22). The van der Waals surface area contributed by atoms with Gasteiger partial charge in [-0.1, -0.05) is 11.6 Å². The molecule has 1 aromatic carbocycles. The van der Waals surface area contributed by atoms with E-state index >= 15 is 0 Å². The van der Waals surface area contributed by atoms with E-state index < -0.39 is 17.7 Å². The van der Waals surface area contributed by atoms with Crippen LogP contribution in [0.2, 0.25) is 5.02 Å². The van der Waals surface area contributed by atoms with Crippen LogP contribution in [-0.2, 0) is 4.79 Å². The summed E-state index contributed by atoms with van der Waals surface area (Å²) in [6, 6.07) is 4.84. The second-order valence-corrected chi connectivity index (χ2v) is 6.06. The van der Waals surface area contributed by atoms with Crippen molar-refractivity contribution in [2.45, 2.75) is 24.8 Å². The summed E-state index contributed by atoms with van der Waals surface area (Å²) in [6.07, 6.45) is 5.57. The van der Waals surface area contributed by atoms with Gasteiger partial charge < -0.3 is 10.0 Å². The molecule has 0 spiro atoms. The lowest BCUT2D eigenvalue weighted by Gasteiger charge is -2.28. The number of hydrogen-bond acceptors (Lipinski definition) is 3.